The summed E-state index contributed by atoms with van der Waals surface area (Å²) in [5, 5.41) is 14.0. The van der Waals surface area contributed by atoms with E-state index in [9.17, 15) is 41.0 Å². The molecule has 0 saturated carbocycles. The molecule has 1 heterocycles. The van der Waals surface area contributed by atoms with E-state index in [1.54, 1.807) is 24.3 Å². The number of amides is 1. The summed E-state index contributed by atoms with van der Waals surface area (Å²) in [5.41, 5.74) is 1.67. The summed E-state index contributed by atoms with van der Waals surface area (Å²) >= 11 is 0. The third-order valence-corrected chi connectivity index (χ3v) is 6.32. The highest BCUT2D eigenvalue weighted by atomic mass is 19.4. The van der Waals surface area contributed by atoms with E-state index in [0.29, 0.717) is 23.2 Å². The van der Waals surface area contributed by atoms with Crippen LogP contribution in [0.5, 0.6) is 5.75 Å². The van der Waals surface area contributed by atoms with Crippen LogP contribution in [-0.2, 0) is 31.9 Å². The normalized spacial score (nSPS) is 15.5. The van der Waals surface area contributed by atoms with Crippen LogP contribution in [0.2, 0.25) is 0 Å². The molecule has 2 aromatic rings. The molecule has 0 spiro atoms. The number of nitrogens with zero attached hydrogens (tertiary/aromatic N) is 1. The predicted molar refractivity (Wildman–Crippen MR) is 137 cm³/mol. The molecule has 0 bridgehead atoms. The van der Waals surface area contributed by atoms with E-state index >= 15 is 0 Å². The van der Waals surface area contributed by atoms with E-state index in [1.807, 2.05) is 0 Å². The zero-order chi connectivity index (χ0) is 30.9. The van der Waals surface area contributed by atoms with Gasteiger partial charge in [-0.25, -0.2) is 4.79 Å². The lowest BCUT2D eigenvalue weighted by atomic mass is 9.99. The second kappa shape index (κ2) is 14.4. The van der Waals surface area contributed by atoms with Crippen LogP contribution < -0.4 is 10.1 Å². The number of likely N-dealkylation sites (tertiary alicyclic amines) is 1. The number of aliphatic hydroxyl groups excluding tert-OH is 1. The Labute approximate surface area is 237 Å². The van der Waals surface area contributed by atoms with E-state index in [1.165, 1.54) is 12.1 Å². The molecule has 1 saturated heterocycles. The number of hydrogen-bond acceptors (Lipinski definition) is 7. The summed E-state index contributed by atoms with van der Waals surface area (Å²) < 4.78 is 86.6. The van der Waals surface area contributed by atoms with Crippen molar-refractivity contribution in [3.05, 3.63) is 77.7 Å². The van der Waals surface area contributed by atoms with E-state index in [0.717, 1.165) is 38.1 Å². The molecule has 0 aliphatic carbocycles. The van der Waals surface area contributed by atoms with Crippen LogP contribution in [0.15, 0.2) is 61.1 Å². The summed E-state index contributed by atoms with van der Waals surface area (Å²) in [7, 11) is 0. The number of halogens is 6. The molecule has 42 heavy (non-hydrogen) atoms. The van der Waals surface area contributed by atoms with Gasteiger partial charge in [-0.3, -0.25) is 4.79 Å². The van der Waals surface area contributed by atoms with Gasteiger partial charge >= 0.3 is 18.5 Å². The quantitative estimate of drug-likeness (QED) is 0.196. The SMILES string of the molecule is C=C(OCCc1ccc([C@@H](O)[C@@H](CN2CCCC2)NC(=O)Cc2ccc(OC(F)(F)F)cc2)cc1)OC(=O)C(F)(F)F. The van der Waals surface area contributed by atoms with Crippen molar-refractivity contribution < 1.29 is 55.2 Å². The molecule has 1 amide bonds. The van der Waals surface area contributed by atoms with Gasteiger partial charge in [0.15, 0.2) is 0 Å². The fraction of sp³-hybridized carbons (Fsp3) is 0.429. The van der Waals surface area contributed by atoms with Crippen LogP contribution in [0, 0.1) is 0 Å². The van der Waals surface area contributed by atoms with Crippen LogP contribution in [0.3, 0.4) is 0 Å². The lowest BCUT2D eigenvalue weighted by Crippen LogP contribution is -2.47. The average Bonchev–Trinajstić information content (AvgIpc) is 3.41. The average molecular weight is 605 g/mol. The minimum Gasteiger partial charge on any atom is -0.465 e. The van der Waals surface area contributed by atoms with Gasteiger partial charge in [0.2, 0.25) is 5.91 Å². The van der Waals surface area contributed by atoms with Gasteiger partial charge < -0.3 is 29.5 Å². The zero-order valence-corrected chi connectivity index (χ0v) is 22.3. The lowest BCUT2D eigenvalue weighted by Gasteiger charge is -2.29. The molecule has 1 fully saturated rings. The van der Waals surface area contributed by atoms with Crippen molar-refractivity contribution >= 4 is 11.9 Å². The van der Waals surface area contributed by atoms with E-state index in [-0.39, 0.29) is 19.4 Å². The predicted octanol–water partition coefficient (Wildman–Crippen LogP) is 4.58. The van der Waals surface area contributed by atoms with Crippen LogP contribution in [-0.4, -0.2) is 66.7 Å². The van der Waals surface area contributed by atoms with Crippen molar-refractivity contribution in [2.45, 2.75) is 50.4 Å². The summed E-state index contributed by atoms with van der Waals surface area (Å²) in [6, 6.07) is 10.9. The zero-order valence-electron chi connectivity index (χ0n) is 22.3. The van der Waals surface area contributed by atoms with Gasteiger partial charge in [0, 0.05) is 13.0 Å². The third-order valence-electron chi connectivity index (χ3n) is 6.32. The molecule has 1 aliphatic heterocycles. The molecule has 2 N–H and O–H groups in total. The summed E-state index contributed by atoms with van der Waals surface area (Å²) in [5.74, 6) is -4.05. The number of esters is 1. The number of rotatable bonds is 13. The van der Waals surface area contributed by atoms with Crippen molar-refractivity contribution in [2.24, 2.45) is 0 Å². The van der Waals surface area contributed by atoms with Gasteiger partial charge in [-0.15, -0.1) is 13.2 Å². The van der Waals surface area contributed by atoms with E-state index in [2.05, 4.69) is 26.3 Å². The molecular weight excluding hydrogens is 574 g/mol. The first-order valence-corrected chi connectivity index (χ1v) is 12.9. The van der Waals surface area contributed by atoms with Gasteiger partial charge in [-0.05, 0) is 61.3 Å². The van der Waals surface area contributed by atoms with Crippen molar-refractivity contribution in [2.75, 3.05) is 26.2 Å². The highest BCUT2D eigenvalue weighted by Crippen LogP contribution is 2.24. The fourth-order valence-corrected chi connectivity index (χ4v) is 4.31. The minimum absolute atomic E-state index is 0.122. The molecule has 0 radical (unpaired) electrons. The maximum absolute atomic E-state index is 12.8. The maximum Gasteiger partial charge on any atom is 0.573 e. The lowest BCUT2D eigenvalue weighted by molar-refractivity contribution is -0.274. The monoisotopic (exact) mass is 604 g/mol. The van der Waals surface area contributed by atoms with Gasteiger partial charge in [0.25, 0.3) is 5.95 Å². The smallest absolute Gasteiger partial charge is 0.465 e. The molecule has 3 rings (SSSR count). The Morgan fingerprint density at radius 2 is 1.55 bits per heavy atom. The Morgan fingerprint density at radius 3 is 2.12 bits per heavy atom. The molecule has 8 nitrogen and oxygen atoms in total. The number of nitrogens with one attached hydrogen (secondary N) is 1. The van der Waals surface area contributed by atoms with Crippen molar-refractivity contribution in [3.63, 3.8) is 0 Å². The Bertz CT molecular complexity index is 1200. The number of carbonyl (C=O) groups excluding carboxylic acids is 2. The van der Waals surface area contributed by atoms with E-state index in [4.69, 9.17) is 4.74 Å². The van der Waals surface area contributed by atoms with E-state index < -0.39 is 48.3 Å². The second-order valence-electron chi connectivity index (χ2n) is 9.59. The highest BCUT2D eigenvalue weighted by molar-refractivity contribution is 5.79. The number of hydrogen-bond donors (Lipinski definition) is 2. The molecule has 14 heteroatoms. The molecule has 0 unspecified atom stereocenters. The van der Waals surface area contributed by atoms with Crippen molar-refractivity contribution in [1.82, 2.24) is 10.2 Å². The van der Waals surface area contributed by atoms with Crippen LogP contribution in [0.25, 0.3) is 0 Å². The van der Waals surface area contributed by atoms with Gasteiger partial charge in [-0.1, -0.05) is 36.4 Å². The molecule has 230 valence electrons. The molecular formula is C28H30F6N2O6. The number of carbonyl (C=O) groups is 2. The van der Waals surface area contributed by atoms with Gasteiger partial charge in [-0.2, -0.15) is 13.2 Å². The Hall–Kier alpha value is -3.78. The first-order valence-electron chi connectivity index (χ1n) is 12.9. The van der Waals surface area contributed by atoms with Gasteiger partial charge in [0.05, 0.1) is 19.1 Å². The Kier molecular flexibility index (Phi) is 11.2. The largest absolute Gasteiger partial charge is 0.573 e. The Morgan fingerprint density at radius 1 is 0.952 bits per heavy atom. The van der Waals surface area contributed by atoms with Crippen LogP contribution >= 0.6 is 0 Å². The number of aliphatic hydroxyl groups is 1. The number of ether oxygens (including phenoxy) is 3. The molecule has 1 aliphatic rings. The minimum atomic E-state index is -5.17. The van der Waals surface area contributed by atoms with Crippen molar-refractivity contribution in [3.8, 4) is 5.75 Å². The second-order valence-corrected chi connectivity index (χ2v) is 9.59. The number of benzene rings is 2. The molecule has 2 atom stereocenters. The molecule has 0 aromatic heterocycles. The van der Waals surface area contributed by atoms with Gasteiger partial charge in [0.1, 0.15) is 11.9 Å². The third kappa shape index (κ3) is 10.9. The van der Waals surface area contributed by atoms with Crippen molar-refractivity contribution in [1.29, 1.82) is 0 Å². The summed E-state index contributed by atoms with van der Waals surface area (Å²) in [4.78, 5) is 25.7. The van der Waals surface area contributed by atoms with Crippen LogP contribution in [0.4, 0.5) is 26.3 Å². The Balaban J connectivity index is 1.57. The summed E-state index contributed by atoms with van der Waals surface area (Å²) in [6.07, 6.45) is -9.00. The standard InChI is InChI=1S/C28H30F6N2O6/c1-18(41-26(39)27(29,30)31)40-15-12-19-4-8-21(9-5-19)25(38)23(17-36-13-2-3-14-36)35-24(37)16-20-6-10-22(11-7-20)42-28(32,33)34/h4-11,23,25,38H,1-3,12-17H2,(H,35,37)/t23-,25-/m1/s1. The number of alkyl halides is 6. The first kappa shape index (κ1) is 32.7. The first-order chi connectivity index (χ1) is 19.7. The highest BCUT2D eigenvalue weighted by Gasteiger charge is 2.42. The summed E-state index contributed by atoms with van der Waals surface area (Å²) in [6.45, 7) is 4.99. The van der Waals surface area contributed by atoms with Crippen LogP contribution in [0.1, 0.15) is 35.6 Å². The fourth-order valence-electron chi connectivity index (χ4n) is 4.31. The molecule has 2 aromatic carbocycles. The maximum atomic E-state index is 12.8. The topological polar surface area (TPSA) is 97.3 Å².